The summed E-state index contributed by atoms with van der Waals surface area (Å²) in [6, 6.07) is 16.3. The van der Waals surface area contributed by atoms with Gasteiger partial charge in [-0.15, -0.1) is 0 Å². The Morgan fingerprint density at radius 2 is 1.35 bits per heavy atom. The van der Waals surface area contributed by atoms with Gasteiger partial charge in [0, 0.05) is 0 Å². The summed E-state index contributed by atoms with van der Waals surface area (Å²) in [5.41, 5.74) is 3.10. The van der Waals surface area contributed by atoms with Crippen LogP contribution in [0.2, 0.25) is 0 Å². The van der Waals surface area contributed by atoms with Gasteiger partial charge in [0.2, 0.25) is 0 Å². The van der Waals surface area contributed by atoms with E-state index >= 15 is 0 Å². The molecule has 2 aromatic rings. The highest BCUT2D eigenvalue weighted by molar-refractivity contribution is 6.21. The zero-order chi connectivity index (χ0) is 12.0. The lowest BCUT2D eigenvalue weighted by Gasteiger charge is -2.28. The van der Waals surface area contributed by atoms with Crippen LogP contribution >= 0.6 is 11.6 Å². The Labute approximate surface area is 106 Å². The first kappa shape index (κ1) is 10.8. The molecule has 2 aromatic carbocycles. The molecule has 1 aliphatic rings. The number of hydrogen-bond acceptors (Lipinski definition) is 1. The summed E-state index contributed by atoms with van der Waals surface area (Å²) in [5.74, 6) is 0. The lowest BCUT2D eigenvalue weighted by molar-refractivity contribution is 0.191. The maximum Gasteiger partial charge on any atom is 0.141 e. The zero-order valence-electron chi connectivity index (χ0n) is 9.52. The average molecular weight is 245 g/mol. The van der Waals surface area contributed by atoms with Crippen molar-refractivity contribution in [3.8, 4) is 11.1 Å². The van der Waals surface area contributed by atoms with Gasteiger partial charge < -0.3 is 5.11 Å². The number of fused-ring (bicyclic) bond motifs is 3. The van der Waals surface area contributed by atoms with E-state index in [0.717, 1.165) is 11.1 Å². The molecule has 1 aliphatic carbocycles. The summed E-state index contributed by atoms with van der Waals surface area (Å²) in [7, 11) is 0. The Morgan fingerprint density at radius 1 is 0.941 bits per heavy atom. The van der Waals surface area contributed by atoms with Crippen LogP contribution in [0.25, 0.3) is 11.1 Å². The van der Waals surface area contributed by atoms with Crippen LogP contribution < -0.4 is 0 Å². The van der Waals surface area contributed by atoms with Crippen molar-refractivity contribution < 1.29 is 5.11 Å². The second kappa shape index (κ2) is 3.59. The third-order valence-corrected chi connectivity index (χ3v) is 4.18. The number of alkyl halides is 1. The maximum atomic E-state index is 9.97. The largest absolute Gasteiger partial charge is 0.376 e. The standard InChI is InChI=1S/C15H13ClO/c1-15(14(16)17)12-8-4-2-6-10(12)11-7-3-5-9-13(11)15/h2-9,14,17H,1H3/t14-/m0/s1. The van der Waals surface area contributed by atoms with E-state index in [0.29, 0.717) is 0 Å². The zero-order valence-corrected chi connectivity index (χ0v) is 10.3. The van der Waals surface area contributed by atoms with Gasteiger partial charge in [0.15, 0.2) is 0 Å². The van der Waals surface area contributed by atoms with Gasteiger partial charge in [0.1, 0.15) is 5.56 Å². The fraction of sp³-hybridized carbons (Fsp3) is 0.200. The van der Waals surface area contributed by atoms with Crippen molar-refractivity contribution in [3.05, 3.63) is 59.7 Å². The molecular formula is C15H13ClO. The van der Waals surface area contributed by atoms with Crippen molar-refractivity contribution in [2.45, 2.75) is 17.9 Å². The number of rotatable bonds is 1. The first-order valence-corrected chi connectivity index (χ1v) is 6.11. The average Bonchev–Trinajstić information content (AvgIpc) is 2.63. The molecule has 86 valence electrons. The summed E-state index contributed by atoms with van der Waals surface area (Å²) in [4.78, 5) is 0. The molecule has 0 spiro atoms. The van der Waals surface area contributed by atoms with Crippen molar-refractivity contribution in [1.29, 1.82) is 0 Å². The van der Waals surface area contributed by atoms with Crippen molar-refractivity contribution >= 4 is 11.6 Å². The van der Waals surface area contributed by atoms with Crippen LogP contribution in [-0.4, -0.2) is 10.7 Å². The second-order valence-electron chi connectivity index (χ2n) is 4.63. The Morgan fingerprint density at radius 3 is 1.76 bits per heavy atom. The summed E-state index contributed by atoms with van der Waals surface area (Å²) >= 11 is 6.04. The predicted molar refractivity (Wildman–Crippen MR) is 70.2 cm³/mol. The SMILES string of the molecule is CC1([C@H](O)Cl)c2ccccc2-c2ccccc21. The molecular weight excluding hydrogens is 232 g/mol. The Bertz CT molecular complexity index is 529. The summed E-state index contributed by atoms with van der Waals surface area (Å²) in [5, 5.41) is 9.97. The van der Waals surface area contributed by atoms with E-state index in [1.165, 1.54) is 11.1 Å². The van der Waals surface area contributed by atoms with Crippen molar-refractivity contribution in [2.75, 3.05) is 0 Å². The number of aliphatic hydroxyl groups is 1. The second-order valence-corrected chi connectivity index (χ2v) is 5.04. The highest BCUT2D eigenvalue weighted by Crippen LogP contribution is 2.50. The van der Waals surface area contributed by atoms with Crippen LogP contribution in [0.1, 0.15) is 18.1 Å². The molecule has 17 heavy (non-hydrogen) atoms. The smallest absolute Gasteiger partial charge is 0.141 e. The van der Waals surface area contributed by atoms with Gasteiger partial charge in [-0.25, -0.2) is 0 Å². The third kappa shape index (κ3) is 1.30. The highest BCUT2D eigenvalue weighted by Gasteiger charge is 2.43. The monoisotopic (exact) mass is 244 g/mol. The van der Waals surface area contributed by atoms with Crippen LogP contribution in [0, 0.1) is 0 Å². The first-order valence-electron chi connectivity index (χ1n) is 5.67. The number of hydrogen-bond donors (Lipinski definition) is 1. The van der Waals surface area contributed by atoms with E-state index in [2.05, 4.69) is 12.1 Å². The van der Waals surface area contributed by atoms with E-state index in [4.69, 9.17) is 11.6 Å². The molecule has 1 atom stereocenters. The third-order valence-electron chi connectivity index (χ3n) is 3.74. The van der Waals surface area contributed by atoms with E-state index in [1.54, 1.807) is 0 Å². The minimum Gasteiger partial charge on any atom is -0.376 e. The Kier molecular flexibility index (Phi) is 2.29. The summed E-state index contributed by atoms with van der Waals surface area (Å²) in [6.45, 7) is 2.00. The Hall–Kier alpha value is -1.31. The first-order chi connectivity index (χ1) is 8.15. The van der Waals surface area contributed by atoms with E-state index in [9.17, 15) is 5.11 Å². The fourth-order valence-electron chi connectivity index (χ4n) is 2.74. The van der Waals surface area contributed by atoms with E-state index in [1.807, 2.05) is 43.3 Å². The molecule has 0 heterocycles. The number of aliphatic hydroxyl groups excluding tert-OH is 1. The molecule has 1 nitrogen and oxygen atoms in total. The van der Waals surface area contributed by atoms with Gasteiger partial charge >= 0.3 is 0 Å². The van der Waals surface area contributed by atoms with Crippen LogP contribution in [0.15, 0.2) is 48.5 Å². The van der Waals surface area contributed by atoms with Crippen molar-refractivity contribution in [1.82, 2.24) is 0 Å². The molecule has 2 heteroatoms. The molecule has 3 rings (SSSR count). The van der Waals surface area contributed by atoms with E-state index < -0.39 is 11.0 Å². The quantitative estimate of drug-likeness (QED) is 0.761. The van der Waals surface area contributed by atoms with Crippen molar-refractivity contribution in [2.24, 2.45) is 0 Å². The van der Waals surface area contributed by atoms with Crippen molar-refractivity contribution in [3.63, 3.8) is 0 Å². The summed E-state index contributed by atoms with van der Waals surface area (Å²) < 4.78 is 0. The molecule has 0 fully saturated rings. The lowest BCUT2D eigenvalue weighted by atomic mass is 9.81. The molecule has 0 saturated carbocycles. The van der Waals surface area contributed by atoms with Gasteiger partial charge in [0.25, 0.3) is 0 Å². The summed E-state index contributed by atoms with van der Waals surface area (Å²) in [6.07, 6.45) is 0. The molecule has 0 unspecified atom stereocenters. The fourth-order valence-corrected chi connectivity index (χ4v) is 2.98. The predicted octanol–water partition coefficient (Wildman–Crippen LogP) is 3.53. The molecule has 0 aromatic heterocycles. The topological polar surface area (TPSA) is 20.2 Å². The molecule has 0 aliphatic heterocycles. The van der Waals surface area contributed by atoms with Gasteiger partial charge in [-0.1, -0.05) is 60.1 Å². The van der Waals surface area contributed by atoms with Gasteiger partial charge in [-0.05, 0) is 29.2 Å². The highest BCUT2D eigenvalue weighted by atomic mass is 35.5. The minimum atomic E-state index is -0.924. The maximum absolute atomic E-state index is 9.97. The minimum absolute atomic E-state index is 0.519. The normalized spacial score (nSPS) is 17.4. The molecule has 0 bridgehead atoms. The Balaban J connectivity index is 2.39. The van der Waals surface area contributed by atoms with Crippen LogP contribution in [0.3, 0.4) is 0 Å². The number of benzene rings is 2. The molecule has 0 amide bonds. The van der Waals surface area contributed by atoms with Crippen LogP contribution in [-0.2, 0) is 5.41 Å². The molecule has 0 radical (unpaired) electrons. The van der Waals surface area contributed by atoms with Crippen LogP contribution in [0.5, 0.6) is 0 Å². The van der Waals surface area contributed by atoms with Gasteiger partial charge in [0.05, 0.1) is 5.41 Å². The molecule has 1 N–H and O–H groups in total. The van der Waals surface area contributed by atoms with E-state index in [-0.39, 0.29) is 0 Å². The lowest BCUT2D eigenvalue weighted by Crippen LogP contribution is -2.31. The van der Waals surface area contributed by atoms with Gasteiger partial charge in [-0.2, -0.15) is 0 Å². The number of halogens is 1. The molecule has 0 saturated heterocycles. The van der Waals surface area contributed by atoms with Crippen LogP contribution in [0.4, 0.5) is 0 Å². The van der Waals surface area contributed by atoms with Gasteiger partial charge in [-0.3, -0.25) is 0 Å².